The van der Waals surface area contributed by atoms with Crippen LogP contribution in [0.5, 0.6) is 0 Å². The Morgan fingerprint density at radius 1 is 0.824 bits per heavy atom. The molecule has 0 saturated carbocycles. The number of nitrogens with one attached hydrogen (secondary N) is 1. The van der Waals surface area contributed by atoms with Crippen molar-refractivity contribution in [2.75, 3.05) is 0 Å². The molecule has 0 aliphatic heterocycles. The maximum absolute atomic E-state index is 12.7. The van der Waals surface area contributed by atoms with Crippen LogP contribution in [0.4, 0.5) is 0 Å². The van der Waals surface area contributed by atoms with E-state index in [0.717, 1.165) is 32.8 Å². The van der Waals surface area contributed by atoms with Gasteiger partial charge in [-0.05, 0) is 41.5 Å². The Morgan fingerprint density at radius 2 is 1.50 bits per heavy atom. The number of aryl methyl sites for hydroxylation is 1. The van der Waals surface area contributed by atoms with Crippen LogP contribution in [0.1, 0.15) is 37.5 Å². The molecule has 5 heteroatoms. The molecule has 168 valence electrons. The number of carbonyl (C=O) groups excluding carboxylic acids is 1. The largest absolute Gasteiger partial charge is 0.477 e. The molecule has 5 aromatic rings. The van der Waals surface area contributed by atoms with Crippen molar-refractivity contribution in [2.24, 2.45) is 0 Å². The fraction of sp³-hybridized carbons (Fsp3) is 0.103. The number of carboxylic acids is 1. The molecule has 0 aliphatic rings. The van der Waals surface area contributed by atoms with E-state index in [-0.39, 0.29) is 18.1 Å². The molecule has 0 atom stereocenters. The maximum Gasteiger partial charge on any atom is 0.352 e. The molecule has 0 unspecified atom stereocenters. The van der Waals surface area contributed by atoms with E-state index in [1.165, 1.54) is 0 Å². The Bertz CT molecular complexity index is 1530. The summed E-state index contributed by atoms with van der Waals surface area (Å²) in [4.78, 5) is 25.2. The normalized spacial score (nSPS) is 11.1. The predicted molar refractivity (Wildman–Crippen MR) is 134 cm³/mol. The first-order chi connectivity index (χ1) is 16.5. The van der Waals surface area contributed by atoms with E-state index in [2.05, 4.69) is 23.5 Å². The van der Waals surface area contributed by atoms with Crippen molar-refractivity contribution in [1.82, 2.24) is 9.88 Å². The molecule has 0 aliphatic carbocycles. The van der Waals surface area contributed by atoms with E-state index >= 15 is 0 Å². The number of carbonyl (C=O) groups is 2. The maximum atomic E-state index is 12.7. The molecule has 0 saturated heterocycles. The number of hydrogen-bond donors (Lipinski definition) is 2. The molecular formula is C29H24N2O3. The molecule has 5 nitrogen and oxygen atoms in total. The summed E-state index contributed by atoms with van der Waals surface area (Å²) in [6, 6.07) is 29.1. The van der Waals surface area contributed by atoms with Crippen molar-refractivity contribution in [2.45, 2.75) is 20.0 Å². The van der Waals surface area contributed by atoms with E-state index < -0.39 is 5.97 Å². The monoisotopic (exact) mass is 448 g/mol. The van der Waals surface area contributed by atoms with Crippen molar-refractivity contribution in [1.29, 1.82) is 0 Å². The number of aromatic carboxylic acids is 1. The predicted octanol–water partition coefficient (Wildman–Crippen LogP) is 5.78. The number of fused-ring (bicyclic) bond motifs is 2. The second-order valence-corrected chi connectivity index (χ2v) is 8.42. The summed E-state index contributed by atoms with van der Waals surface area (Å²) >= 11 is 0. The first-order valence-corrected chi connectivity index (χ1v) is 11.2. The Balaban J connectivity index is 1.56. The first kappa shape index (κ1) is 21.5. The standard InChI is InChI=1S/C29H24N2O3/c1-19-13-15-21(16-14-19)28(32)30-17-25-24-11-4-5-12-26(24)31(27(25)29(33)34)18-22-9-6-8-20-7-2-3-10-23(20)22/h2-16H,17-18H2,1H3,(H,30,32)(H,33,34). The van der Waals surface area contributed by atoms with Crippen LogP contribution in [-0.2, 0) is 13.1 Å². The first-order valence-electron chi connectivity index (χ1n) is 11.2. The minimum absolute atomic E-state index is 0.122. The summed E-state index contributed by atoms with van der Waals surface area (Å²) in [5.74, 6) is -1.25. The summed E-state index contributed by atoms with van der Waals surface area (Å²) in [6.07, 6.45) is 0. The number of nitrogens with zero attached hydrogens (tertiary/aromatic N) is 1. The zero-order valence-electron chi connectivity index (χ0n) is 18.8. The van der Waals surface area contributed by atoms with Crippen LogP contribution in [-0.4, -0.2) is 21.6 Å². The smallest absolute Gasteiger partial charge is 0.352 e. The van der Waals surface area contributed by atoms with Crippen LogP contribution in [0.2, 0.25) is 0 Å². The number of benzene rings is 4. The molecule has 2 N–H and O–H groups in total. The van der Waals surface area contributed by atoms with Crippen LogP contribution in [0, 0.1) is 6.92 Å². The van der Waals surface area contributed by atoms with Gasteiger partial charge in [0.15, 0.2) is 0 Å². The van der Waals surface area contributed by atoms with Gasteiger partial charge in [0.1, 0.15) is 5.69 Å². The summed E-state index contributed by atoms with van der Waals surface area (Å²) in [6.45, 7) is 2.50. The summed E-state index contributed by atoms with van der Waals surface area (Å²) in [7, 11) is 0. The number of carboxylic acid groups (broad SMARTS) is 1. The van der Waals surface area contributed by atoms with E-state index in [1.807, 2.05) is 72.2 Å². The topological polar surface area (TPSA) is 71.3 Å². The number of hydrogen-bond acceptors (Lipinski definition) is 2. The van der Waals surface area contributed by atoms with Crippen LogP contribution < -0.4 is 5.32 Å². The highest BCUT2D eigenvalue weighted by atomic mass is 16.4. The highest BCUT2D eigenvalue weighted by Gasteiger charge is 2.23. The second kappa shape index (κ2) is 8.87. The molecule has 0 bridgehead atoms. The minimum atomic E-state index is -1.02. The van der Waals surface area contributed by atoms with Gasteiger partial charge in [-0.2, -0.15) is 0 Å². The van der Waals surface area contributed by atoms with Crippen molar-refractivity contribution >= 4 is 33.6 Å². The van der Waals surface area contributed by atoms with Gasteiger partial charge in [-0.1, -0.05) is 78.4 Å². The quantitative estimate of drug-likeness (QED) is 0.346. The third-order valence-electron chi connectivity index (χ3n) is 6.23. The van der Waals surface area contributed by atoms with Gasteiger partial charge in [0.25, 0.3) is 5.91 Å². The average molecular weight is 449 g/mol. The average Bonchev–Trinajstić information content (AvgIpc) is 3.17. The molecule has 0 fully saturated rings. The molecule has 34 heavy (non-hydrogen) atoms. The molecule has 0 radical (unpaired) electrons. The SMILES string of the molecule is Cc1ccc(C(=O)NCc2c(C(=O)O)n(Cc3cccc4ccccc34)c3ccccc23)cc1. The Morgan fingerprint density at radius 3 is 2.26 bits per heavy atom. The molecule has 1 amide bonds. The van der Waals surface area contributed by atoms with Gasteiger partial charge in [-0.15, -0.1) is 0 Å². The second-order valence-electron chi connectivity index (χ2n) is 8.42. The fourth-order valence-electron chi connectivity index (χ4n) is 4.54. The molecule has 5 rings (SSSR count). The zero-order chi connectivity index (χ0) is 23.7. The van der Waals surface area contributed by atoms with E-state index in [1.54, 1.807) is 12.1 Å². The van der Waals surface area contributed by atoms with Gasteiger partial charge >= 0.3 is 5.97 Å². The van der Waals surface area contributed by atoms with Crippen LogP contribution in [0.15, 0.2) is 91.0 Å². The molecule has 1 aromatic heterocycles. The number of amides is 1. The lowest BCUT2D eigenvalue weighted by Crippen LogP contribution is -2.24. The highest BCUT2D eigenvalue weighted by molar-refractivity contribution is 5.99. The third-order valence-corrected chi connectivity index (χ3v) is 6.23. The molecule has 4 aromatic carbocycles. The van der Waals surface area contributed by atoms with Crippen molar-refractivity contribution in [3.63, 3.8) is 0 Å². The summed E-state index contributed by atoms with van der Waals surface area (Å²) in [5, 5.41) is 16.2. The van der Waals surface area contributed by atoms with Gasteiger partial charge in [-0.25, -0.2) is 4.79 Å². The lowest BCUT2D eigenvalue weighted by Gasteiger charge is -2.12. The highest BCUT2D eigenvalue weighted by Crippen LogP contribution is 2.29. The van der Waals surface area contributed by atoms with Gasteiger partial charge in [-0.3, -0.25) is 4.79 Å². The van der Waals surface area contributed by atoms with Gasteiger partial charge < -0.3 is 15.0 Å². The van der Waals surface area contributed by atoms with Gasteiger partial charge in [0.05, 0.1) is 0 Å². The third kappa shape index (κ3) is 3.92. The lowest BCUT2D eigenvalue weighted by molar-refractivity contribution is 0.0683. The van der Waals surface area contributed by atoms with Crippen molar-refractivity contribution < 1.29 is 14.7 Å². The number of para-hydroxylation sites is 1. The van der Waals surface area contributed by atoms with E-state index in [9.17, 15) is 14.7 Å². The summed E-state index contributed by atoms with van der Waals surface area (Å²) < 4.78 is 1.84. The lowest BCUT2D eigenvalue weighted by atomic mass is 10.0. The van der Waals surface area contributed by atoms with Crippen molar-refractivity contribution in [3.05, 3.63) is 119 Å². The molecule has 0 spiro atoms. The van der Waals surface area contributed by atoms with Crippen molar-refractivity contribution in [3.8, 4) is 0 Å². The van der Waals surface area contributed by atoms with Crippen LogP contribution in [0.25, 0.3) is 21.7 Å². The van der Waals surface area contributed by atoms with Gasteiger partial charge in [0.2, 0.25) is 0 Å². The van der Waals surface area contributed by atoms with Crippen LogP contribution >= 0.6 is 0 Å². The number of aromatic nitrogens is 1. The Hall–Kier alpha value is -4.38. The Kier molecular flexibility index (Phi) is 5.60. The number of rotatable bonds is 6. The Labute approximate surface area is 197 Å². The zero-order valence-corrected chi connectivity index (χ0v) is 18.8. The van der Waals surface area contributed by atoms with Gasteiger partial charge in [0, 0.05) is 35.1 Å². The minimum Gasteiger partial charge on any atom is -0.477 e. The molecular weight excluding hydrogens is 424 g/mol. The molecule has 1 heterocycles. The van der Waals surface area contributed by atoms with E-state index in [0.29, 0.717) is 17.7 Å². The van der Waals surface area contributed by atoms with Crippen LogP contribution in [0.3, 0.4) is 0 Å². The fourth-order valence-corrected chi connectivity index (χ4v) is 4.54. The summed E-state index contributed by atoms with van der Waals surface area (Å²) in [5.41, 5.74) is 4.27. The van der Waals surface area contributed by atoms with E-state index in [4.69, 9.17) is 0 Å².